The Morgan fingerprint density at radius 1 is 1.41 bits per heavy atom. The Morgan fingerprint density at radius 2 is 2.18 bits per heavy atom. The fourth-order valence-corrected chi connectivity index (χ4v) is 2.89. The van der Waals surface area contributed by atoms with Crippen LogP contribution in [0.4, 0.5) is 4.39 Å². The second-order valence-electron chi connectivity index (χ2n) is 4.69. The van der Waals surface area contributed by atoms with Crippen molar-refractivity contribution in [2.75, 3.05) is 0 Å². The number of halogens is 2. The van der Waals surface area contributed by atoms with Gasteiger partial charge in [0.25, 0.3) is 0 Å². The number of benzene rings is 1. The fourth-order valence-electron chi connectivity index (χ4n) is 2.77. The molecule has 0 heterocycles. The van der Waals surface area contributed by atoms with E-state index in [0.29, 0.717) is 6.42 Å². The van der Waals surface area contributed by atoms with Crippen LogP contribution in [0.5, 0.6) is 0 Å². The highest BCUT2D eigenvalue weighted by molar-refractivity contribution is 6.30. The molecule has 0 amide bonds. The van der Waals surface area contributed by atoms with Crippen LogP contribution in [0.15, 0.2) is 18.2 Å². The van der Waals surface area contributed by atoms with Crippen molar-refractivity contribution in [2.24, 2.45) is 0 Å². The first-order valence-electron chi connectivity index (χ1n) is 6.09. The highest BCUT2D eigenvalue weighted by Crippen LogP contribution is 2.40. The van der Waals surface area contributed by atoms with E-state index in [1.165, 1.54) is 6.07 Å². The molecule has 0 bridgehead atoms. The van der Waals surface area contributed by atoms with Crippen molar-refractivity contribution >= 4 is 17.4 Å². The minimum Gasteiger partial charge on any atom is -0.299 e. The topological polar surface area (TPSA) is 17.1 Å². The van der Waals surface area contributed by atoms with Crippen LogP contribution in [-0.4, -0.2) is 5.78 Å². The summed E-state index contributed by atoms with van der Waals surface area (Å²) in [6.45, 7) is 2.00. The summed E-state index contributed by atoms with van der Waals surface area (Å²) >= 11 is 5.68. The molecule has 17 heavy (non-hydrogen) atoms. The van der Waals surface area contributed by atoms with Crippen LogP contribution in [0.25, 0.3) is 0 Å². The monoisotopic (exact) mass is 254 g/mol. The Hall–Kier alpha value is -0.890. The zero-order chi connectivity index (χ0) is 12.5. The normalized spacial score (nSPS) is 25.0. The average molecular weight is 255 g/mol. The van der Waals surface area contributed by atoms with Crippen molar-refractivity contribution in [2.45, 2.75) is 44.4 Å². The summed E-state index contributed by atoms with van der Waals surface area (Å²) < 4.78 is 13.5. The van der Waals surface area contributed by atoms with Crippen molar-refractivity contribution in [1.29, 1.82) is 0 Å². The Kier molecular flexibility index (Phi) is 3.53. The Bertz CT molecular complexity index is 444. The van der Waals surface area contributed by atoms with Gasteiger partial charge in [-0.1, -0.05) is 31.0 Å². The molecule has 0 radical (unpaired) electrons. The molecule has 1 saturated carbocycles. The number of hydrogen-bond acceptors (Lipinski definition) is 1. The number of rotatable bonds is 2. The molecule has 1 aliphatic rings. The lowest BCUT2D eigenvalue weighted by Crippen LogP contribution is -2.38. The molecule has 0 spiro atoms. The summed E-state index contributed by atoms with van der Waals surface area (Å²) in [4.78, 5) is 12.2. The van der Waals surface area contributed by atoms with E-state index in [2.05, 4.69) is 0 Å². The molecule has 1 unspecified atom stereocenters. The maximum absolute atomic E-state index is 13.5. The van der Waals surface area contributed by atoms with Gasteiger partial charge in [0.2, 0.25) is 0 Å². The van der Waals surface area contributed by atoms with E-state index in [4.69, 9.17) is 11.6 Å². The molecule has 3 heteroatoms. The van der Waals surface area contributed by atoms with Crippen molar-refractivity contribution in [3.63, 3.8) is 0 Å². The van der Waals surface area contributed by atoms with Gasteiger partial charge in [-0.15, -0.1) is 0 Å². The molecular formula is C14H16ClFO. The zero-order valence-electron chi connectivity index (χ0n) is 9.93. The Labute approximate surface area is 106 Å². The number of carbonyl (C=O) groups excluding carboxylic acids is 1. The third kappa shape index (κ3) is 2.11. The summed E-state index contributed by atoms with van der Waals surface area (Å²) in [5.74, 6) is -0.191. The van der Waals surface area contributed by atoms with Gasteiger partial charge in [0.1, 0.15) is 11.6 Å². The Balaban J connectivity index is 2.46. The third-order valence-electron chi connectivity index (χ3n) is 3.87. The van der Waals surface area contributed by atoms with E-state index in [9.17, 15) is 9.18 Å². The van der Waals surface area contributed by atoms with Gasteiger partial charge in [-0.05, 0) is 37.0 Å². The van der Waals surface area contributed by atoms with Gasteiger partial charge in [0.05, 0.1) is 10.4 Å². The minimum atomic E-state index is -0.482. The van der Waals surface area contributed by atoms with Gasteiger partial charge in [-0.25, -0.2) is 4.39 Å². The summed E-state index contributed by atoms with van der Waals surface area (Å²) in [5, 5.41) is 0.114. The van der Waals surface area contributed by atoms with Crippen LogP contribution in [0, 0.1) is 5.82 Å². The molecule has 92 valence electrons. The first kappa shape index (κ1) is 12.6. The molecule has 1 aromatic rings. The number of hydrogen-bond donors (Lipinski definition) is 0. The number of carbonyl (C=O) groups is 1. The van der Waals surface area contributed by atoms with Crippen molar-refractivity contribution in [1.82, 2.24) is 0 Å². The lowest BCUT2D eigenvalue weighted by molar-refractivity contribution is -0.126. The lowest BCUT2D eigenvalue weighted by atomic mass is 9.67. The van der Waals surface area contributed by atoms with E-state index in [0.717, 1.165) is 31.2 Å². The van der Waals surface area contributed by atoms with Crippen LogP contribution >= 0.6 is 11.6 Å². The molecule has 1 atom stereocenters. The van der Waals surface area contributed by atoms with Crippen LogP contribution in [0.1, 0.15) is 44.6 Å². The van der Waals surface area contributed by atoms with Gasteiger partial charge in [-0.2, -0.15) is 0 Å². The molecule has 0 N–H and O–H groups in total. The van der Waals surface area contributed by atoms with Crippen molar-refractivity contribution < 1.29 is 9.18 Å². The quantitative estimate of drug-likeness (QED) is 0.770. The second kappa shape index (κ2) is 4.77. The summed E-state index contributed by atoms with van der Waals surface area (Å²) in [6, 6.07) is 4.76. The molecule has 0 aromatic heterocycles. The molecular weight excluding hydrogens is 239 g/mol. The van der Waals surface area contributed by atoms with E-state index in [-0.39, 0.29) is 10.8 Å². The van der Waals surface area contributed by atoms with E-state index in [1.54, 1.807) is 12.1 Å². The zero-order valence-corrected chi connectivity index (χ0v) is 10.7. The minimum absolute atomic E-state index is 0.114. The van der Waals surface area contributed by atoms with Gasteiger partial charge in [0, 0.05) is 6.42 Å². The maximum Gasteiger partial charge on any atom is 0.143 e. The van der Waals surface area contributed by atoms with Crippen molar-refractivity contribution in [3.8, 4) is 0 Å². The predicted octanol–water partition coefficient (Wildman–Crippen LogP) is 4.27. The van der Waals surface area contributed by atoms with Crippen molar-refractivity contribution in [3.05, 3.63) is 34.6 Å². The summed E-state index contributed by atoms with van der Waals surface area (Å²) in [5.41, 5.74) is 0.301. The Morgan fingerprint density at radius 3 is 2.76 bits per heavy atom. The molecule has 1 aliphatic carbocycles. The van der Waals surface area contributed by atoms with Gasteiger partial charge in [-0.3, -0.25) is 4.79 Å². The van der Waals surface area contributed by atoms with Crippen LogP contribution < -0.4 is 0 Å². The van der Waals surface area contributed by atoms with Crippen LogP contribution in [0.3, 0.4) is 0 Å². The van der Waals surface area contributed by atoms with Gasteiger partial charge >= 0.3 is 0 Å². The third-order valence-corrected chi connectivity index (χ3v) is 4.17. The van der Waals surface area contributed by atoms with Crippen LogP contribution in [-0.2, 0) is 10.2 Å². The highest BCUT2D eigenvalue weighted by Gasteiger charge is 2.39. The molecule has 1 nitrogen and oxygen atoms in total. The average Bonchev–Trinajstić information content (AvgIpc) is 2.34. The summed E-state index contributed by atoms with van der Waals surface area (Å²) in [7, 11) is 0. The number of Topliss-reactive ketones (excluding diaryl/α,β-unsaturated/α-hetero) is 1. The first-order chi connectivity index (χ1) is 8.10. The second-order valence-corrected chi connectivity index (χ2v) is 5.10. The molecule has 1 aromatic carbocycles. The van der Waals surface area contributed by atoms with E-state index >= 15 is 0 Å². The maximum atomic E-state index is 13.5. The highest BCUT2D eigenvalue weighted by atomic mass is 35.5. The molecule has 0 saturated heterocycles. The first-order valence-corrected chi connectivity index (χ1v) is 6.47. The smallest absolute Gasteiger partial charge is 0.143 e. The SMILES string of the molecule is CCC1(c2ccc(Cl)c(F)c2)CCCCC1=O. The lowest BCUT2D eigenvalue weighted by Gasteiger charge is -2.35. The fraction of sp³-hybridized carbons (Fsp3) is 0.500. The van der Waals surface area contributed by atoms with Crippen LogP contribution in [0.2, 0.25) is 5.02 Å². The summed E-state index contributed by atoms with van der Waals surface area (Å²) in [6.07, 6.45) is 4.15. The van der Waals surface area contributed by atoms with Gasteiger partial charge < -0.3 is 0 Å². The molecule has 0 aliphatic heterocycles. The van der Waals surface area contributed by atoms with Gasteiger partial charge in [0.15, 0.2) is 0 Å². The van der Waals surface area contributed by atoms with E-state index < -0.39 is 11.2 Å². The van der Waals surface area contributed by atoms with E-state index in [1.807, 2.05) is 6.92 Å². The molecule has 2 rings (SSSR count). The predicted molar refractivity (Wildman–Crippen MR) is 66.9 cm³/mol. The molecule has 1 fully saturated rings. The standard InChI is InChI=1S/C14H16ClFO/c1-2-14(8-4-3-5-13(14)17)10-6-7-11(15)12(16)9-10/h6-7,9H,2-5,8H2,1H3. The number of ketones is 1. The largest absolute Gasteiger partial charge is 0.299 e.